The fourth-order valence-electron chi connectivity index (χ4n) is 2.78. The van der Waals surface area contributed by atoms with Crippen molar-refractivity contribution in [3.05, 3.63) is 46.8 Å². The molecular weight excluding hydrogens is 415 g/mol. The highest BCUT2D eigenvalue weighted by atomic mass is 35.5. The monoisotopic (exact) mass is 430 g/mol. The van der Waals surface area contributed by atoms with E-state index in [0.29, 0.717) is 49.9 Å². The summed E-state index contributed by atoms with van der Waals surface area (Å²) in [5.74, 6) is 1.35. The van der Waals surface area contributed by atoms with Crippen molar-refractivity contribution in [3.63, 3.8) is 0 Å². The zero-order valence-corrected chi connectivity index (χ0v) is 17.3. The molecule has 1 aromatic carbocycles. The molecule has 148 valence electrons. The molecule has 10 heteroatoms. The first-order valence-electron chi connectivity index (χ1n) is 8.50. The summed E-state index contributed by atoms with van der Waals surface area (Å²) in [6.45, 7) is 0. The van der Waals surface area contributed by atoms with E-state index in [0.717, 1.165) is 5.56 Å². The number of anilines is 2. The third kappa shape index (κ3) is 3.64. The minimum absolute atomic E-state index is 0.315. The minimum atomic E-state index is 0.315. The van der Waals surface area contributed by atoms with Crippen LogP contribution in [0.5, 0.6) is 11.5 Å². The van der Waals surface area contributed by atoms with Crippen molar-refractivity contribution >= 4 is 45.9 Å². The zero-order chi connectivity index (χ0) is 20.5. The molecular formula is C19H16Cl2N6O2. The largest absolute Gasteiger partial charge is 0.495 e. The van der Waals surface area contributed by atoms with Crippen LogP contribution in [-0.4, -0.2) is 39.0 Å². The maximum Gasteiger partial charge on any atom is 0.180 e. The van der Waals surface area contributed by atoms with Crippen molar-refractivity contribution in [2.75, 3.05) is 19.5 Å². The number of aryl methyl sites for hydroxylation is 1. The second-order valence-corrected chi connectivity index (χ2v) is 6.86. The summed E-state index contributed by atoms with van der Waals surface area (Å²) in [7, 11) is 4.87. The number of halogens is 2. The molecule has 0 bridgehead atoms. The highest BCUT2D eigenvalue weighted by molar-refractivity contribution is 6.41. The van der Waals surface area contributed by atoms with Crippen LogP contribution in [0.4, 0.5) is 11.5 Å². The van der Waals surface area contributed by atoms with E-state index in [2.05, 4.69) is 25.4 Å². The van der Waals surface area contributed by atoms with Crippen molar-refractivity contribution in [2.45, 2.75) is 0 Å². The number of nitrogens with one attached hydrogen (secondary N) is 1. The third-order valence-electron chi connectivity index (χ3n) is 4.23. The Morgan fingerprint density at radius 3 is 2.34 bits per heavy atom. The van der Waals surface area contributed by atoms with E-state index in [1.807, 2.05) is 19.3 Å². The molecule has 4 aromatic rings. The van der Waals surface area contributed by atoms with Crippen LogP contribution < -0.4 is 14.8 Å². The molecule has 0 aliphatic rings. The Morgan fingerprint density at radius 1 is 1.00 bits per heavy atom. The molecule has 0 unspecified atom stereocenters. The number of pyridine rings is 1. The molecule has 3 heterocycles. The lowest BCUT2D eigenvalue weighted by atomic mass is 10.2. The number of benzene rings is 1. The van der Waals surface area contributed by atoms with E-state index in [1.165, 1.54) is 14.2 Å². The summed E-state index contributed by atoms with van der Waals surface area (Å²) in [6, 6.07) is 5.19. The van der Waals surface area contributed by atoms with Gasteiger partial charge in [-0.05, 0) is 12.1 Å². The molecule has 0 saturated carbocycles. The number of hydrogen-bond acceptors (Lipinski definition) is 7. The van der Waals surface area contributed by atoms with Crippen LogP contribution in [0.25, 0.3) is 22.4 Å². The van der Waals surface area contributed by atoms with Gasteiger partial charge in [0.2, 0.25) is 0 Å². The molecule has 0 radical (unpaired) electrons. The van der Waals surface area contributed by atoms with Gasteiger partial charge in [0.25, 0.3) is 0 Å². The van der Waals surface area contributed by atoms with E-state index in [-0.39, 0.29) is 0 Å². The summed E-state index contributed by atoms with van der Waals surface area (Å²) in [5.41, 5.74) is 3.08. The van der Waals surface area contributed by atoms with Crippen LogP contribution >= 0.6 is 23.2 Å². The van der Waals surface area contributed by atoms with Gasteiger partial charge >= 0.3 is 0 Å². The Hall–Kier alpha value is -3.10. The van der Waals surface area contributed by atoms with Crippen molar-refractivity contribution in [3.8, 4) is 22.8 Å². The molecule has 8 nitrogen and oxygen atoms in total. The zero-order valence-electron chi connectivity index (χ0n) is 15.8. The van der Waals surface area contributed by atoms with Crippen LogP contribution in [0.15, 0.2) is 36.8 Å². The maximum absolute atomic E-state index is 6.43. The number of nitrogens with zero attached hydrogens (tertiary/aromatic N) is 5. The summed E-state index contributed by atoms with van der Waals surface area (Å²) in [5, 5.41) is 7.92. The smallest absolute Gasteiger partial charge is 0.180 e. The Balaban J connectivity index is 1.75. The molecule has 29 heavy (non-hydrogen) atoms. The second-order valence-electron chi connectivity index (χ2n) is 6.11. The molecule has 0 amide bonds. The summed E-state index contributed by atoms with van der Waals surface area (Å²) in [4.78, 5) is 13.6. The van der Waals surface area contributed by atoms with Crippen LogP contribution in [0.2, 0.25) is 10.0 Å². The molecule has 1 N–H and O–H groups in total. The van der Waals surface area contributed by atoms with Crippen molar-refractivity contribution in [1.82, 2.24) is 24.7 Å². The predicted molar refractivity (Wildman–Crippen MR) is 112 cm³/mol. The summed E-state index contributed by atoms with van der Waals surface area (Å²) < 4.78 is 12.3. The normalized spacial score (nSPS) is 10.9. The number of methoxy groups -OCH3 is 2. The molecule has 4 rings (SSSR count). The topological polar surface area (TPSA) is 87.0 Å². The first-order valence-corrected chi connectivity index (χ1v) is 9.25. The van der Waals surface area contributed by atoms with Gasteiger partial charge in [-0.15, -0.1) is 0 Å². The highest BCUT2D eigenvalue weighted by Gasteiger charge is 2.18. The quantitative estimate of drug-likeness (QED) is 0.498. The third-order valence-corrected chi connectivity index (χ3v) is 4.98. The van der Waals surface area contributed by atoms with E-state index in [1.54, 1.807) is 29.2 Å². The lowest BCUT2D eigenvalue weighted by Crippen LogP contribution is -2.00. The molecule has 0 spiro atoms. The van der Waals surface area contributed by atoms with E-state index < -0.39 is 0 Å². The molecule has 0 aliphatic heterocycles. The molecule has 0 atom stereocenters. The maximum atomic E-state index is 6.43. The average molecular weight is 431 g/mol. The van der Waals surface area contributed by atoms with Crippen LogP contribution in [0.3, 0.4) is 0 Å². The molecule has 3 aromatic heterocycles. The number of rotatable bonds is 5. The van der Waals surface area contributed by atoms with Crippen LogP contribution in [0, 0.1) is 0 Å². The lowest BCUT2D eigenvalue weighted by Gasteiger charge is -2.15. The van der Waals surface area contributed by atoms with Gasteiger partial charge in [0.05, 0.1) is 38.0 Å². The predicted octanol–water partition coefficient (Wildman–Crippen LogP) is 4.49. The Morgan fingerprint density at radius 2 is 1.72 bits per heavy atom. The SMILES string of the molecule is COc1cc(OC)c(Cl)c(Nc2ccc3ncc(-c4cnn(C)c4)nc3n2)c1Cl. The van der Waals surface area contributed by atoms with Gasteiger partial charge in [0.15, 0.2) is 5.65 Å². The van der Waals surface area contributed by atoms with Crippen LogP contribution in [0.1, 0.15) is 0 Å². The molecule has 0 saturated heterocycles. The van der Waals surface area contributed by atoms with Gasteiger partial charge in [0, 0.05) is 24.9 Å². The van der Waals surface area contributed by atoms with Crippen molar-refractivity contribution < 1.29 is 9.47 Å². The van der Waals surface area contributed by atoms with Gasteiger partial charge in [0.1, 0.15) is 32.9 Å². The van der Waals surface area contributed by atoms with Gasteiger partial charge in [-0.3, -0.25) is 9.67 Å². The van der Waals surface area contributed by atoms with Crippen molar-refractivity contribution in [2.24, 2.45) is 7.05 Å². The summed E-state index contributed by atoms with van der Waals surface area (Å²) >= 11 is 12.9. The second kappa shape index (κ2) is 7.73. The van der Waals surface area contributed by atoms with Gasteiger partial charge in [-0.1, -0.05) is 23.2 Å². The van der Waals surface area contributed by atoms with E-state index >= 15 is 0 Å². The number of aromatic nitrogens is 5. The van der Waals surface area contributed by atoms with Crippen LogP contribution in [-0.2, 0) is 7.05 Å². The Bertz CT molecular complexity index is 1180. The van der Waals surface area contributed by atoms with E-state index in [4.69, 9.17) is 32.7 Å². The number of fused-ring (bicyclic) bond motifs is 1. The first kappa shape index (κ1) is 19.2. The lowest BCUT2D eigenvalue weighted by molar-refractivity contribution is 0.395. The minimum Gasteiger partial charge on any atom is -0.495 e. The van der Waals surface area contributed by atoms with Gasteiger partial charge in [-0.2, -0.15) is 5.10 Å². The fourth-order valence-corrected chi connectivity index (χ4v) is 3.38. The summed E-state index contributed by atoms with van der Waals surface area (Å²) in [6.07, 6.45) is 5.27. The molecule has 0 fully saturated rings. The first-order chi connectivity index (χ1) is 14.0. The molecule has 0 aliphatic carbocycles. The standard InChI is InChI=1S/C19H16Cl2N6O2/c1-27-9-10(7-23-27)12-8-22-11-4-5-15(26-19(11)24-12)25-18-16(20)13(28-2)6-14(29-3)17(18)21/h4-9H,1-3H3,(H,24,25,26). The Kier molecular flexibility index (Phi) is 5.12. The average Bonchev–Trinajstić information content (AvgIpc) is 3.17. The fraction of sp³-hybridized carbons (Fsp3) is 0.158. The highest BCUT2D eigenvalue weighted by Crippen LogP contribution is 2.45. The number of ether oxygens (including phenoxy) is 2. The Labute approximate surface area is 176 Å². The van der Waals surface area contributed by atoms with Gasteiger partial charge < -0.3 is 14.8 Å². The number of hydrogen-bond donors (Lipinski definition) is 1. The van der Waals surface area contributed by atoms with Crippen molar-refractivity contribution in [1.29, 1.82) is 0 Å². The van der Waals surface area contributed by atoms with Gasteiger partial charge in [-0.25, -0.2) is 9.97 Å². The van der Waals surface area contributed by atoms with E-state index in [9.17, 15) is 0 Å².